The maximum absolute atomic E-state index is 12.2. The van der Waals surface area contributed by atoms with Crippen LogP contribution in [0.2, 0.25) is 0 Å². The molecule has 1 heterocycles. The van der Waals surface area contributed by atoms with Crippen molar-refractivity contribution in [3.05, 3.63) is 126 Å². The highest BCUT2D eigenvalue weighted by molar-refractivity contribution is 5.79. The van der Waals surface area contributed by atoms with E-state index in [-0.39, 0.29) is 0 Å². The minimum atomic E-state index is -1.14. The molecule has 1 aromatic heterocycles. The van der Waals surface area contributed by atoms with E-state index in [4.69, 9.17) is 9.15 Å². The molecule has 3 aromatic carbocycles. The van der Waals surface area contributed by atoms with Crippen molar-refractivity contribution in [1.29, 1.82) is 0 Å². The summed E-state index contributed by atoms with van der Waals surface area (Å²) in [7, 11) is 0. The van der Waals surface area contributed by atoms with E-state index in [0.29, 0.717) is 17.7 Å². The predicted octanol–water partition coefficient (Wildman–Crippen LogP) is 6.51. The fourth-order valence-electron chi connectivity index (χ4n) is 4.08. The second kappa shape index (κ2) is 8.33. The molecular formula is C28H22O4. The third-order valence-electron chi connectivity index (χ3n) is 5.76. The third-order valence-corrected chi connectivity index (χ3v) is 5.76. The van der Waals surface area contributed by atoms with Gasteiger partial charge in [-0.25, -0.2) is 4.79 Å². The molecule has 0 saturated heterocycles. The van der Waals surface area contributed by atoms with Crippen molar-refractivity contribution in [1.82, 2.24) is 0 Å². The minimum absolute atomic E-state index is 0.449. The number of furan rings is 1. The number of hydrogen-bond acceptors (Lipinski definition) is 3. The number of carboxylic acids is 1. The Labute approximate surface area is 186 Å². The Hall–Kier alpha value is -3.89. The summed E-state index contributed by atoms with van der Waals surface area (Å²) in [6.07, 6.45) is 5.29. The lowest BCUT2D eigenvalue weighted by Crippen LogP contribution is -2.32. The van der Waals surface area contributed by atoms with E-state index in [1.807, 2.05) is 78.9 Å². The van der Waals surface area contributed by atoms with Gasteiger partial charge < -0.3 is 14.3 Å². The van der Waals surface area contributed by atoms with Gasteiger partial charge in [0.25, 0.3) is 0 Å². The van der Waals surface area contributed by atoms with Gasteiger partial charge in [0.05, 0.1) is 0 Å². The fourth-order valence-corrected chi connectivity index (χ4v) is 4.08. The maximum Gasteiger partial charge on any atom is 0.337 e. The summed E-state index contributed by atoms with van der Waals surface area (Å²) in [5.41, 5.74) is 2.44. The van der Waals surface area contributed by atoms with Gasteiger partial charge in [-0.1, -0.05) is 91.0 Å². The van der Waals surface area contributed by atoms with Crippen LogP contribution in [-0.2, 0) is 15.1 Å². The number of rotatable bonds is 6. The molecule has 0 fully saturated rings. The highest BCUT2D eigenvalue weighted by Gasteiger charge is 2.40. The summed E-state index contributed by atoms with van der Waals surface area (Å²) in [6.45, 7) is 0. The number of allylic oxidation sites excluding steroid dienone is 2. The van der Waals surface area contributed by atoms with Gasteiger partial charge in [0.2, 0.25) is 0 Å². The van der Waals surface area contributed by atoms with E-state index in [2.05, 4.69) is 18.2 Å². The number of carbonyl (C=O) groups is 1. The van der Waals surface area contributed by atoms with Gasteiger partial charge in [-0.05, 0) is 34.9 Å². The first-order valence-corrected chi connectivity index (χ1v) is 10.5. The Morgan fingerprint density at radius 1 is 0.938 bits per heavy atom. The first-order valence-electron chi connectivity index (χ1n) is 10.5. The van der Waals surface area contributed by atoms with Gasteiger partial charge in [-0.2, -0.15) is 0 Å². The average Bonchev–Trinajstić information content (AvgIpc) is 3.29. The van der Waals surface area contributed by atoms with Crippen molar-refractivity contribution in [2.24, 2.45) is 0 Å². The predicted molar refractivity (Wildman–Crippen MR) is 124 cm³/mol. The molecule has 1 aliphatic carbocycles. The summed E-state index contributed by atoms with van der Waals surface area (Å²) in [4.78, 5) is 12.2. The van der Waals surface area contributed by atoms with Crippen molar-refractivity contribution in [3.8, 4) is 0 Å². The van der Waals surface area contributed by atoms with Gasteiger partial charge in [0, 0.05) is 11.8 Å². The Balaban J connectivity index is 1.58. The van der Waals surface area contributed by atoms with Gasteiger partial charge in [0.1, 0.15) is 16.9 Å². The SMILES string of the molecule is O=C(O)C(OC1(c2cc3ccccc3o2)C=CC(c2ccccc2)=CC1)c1ccccc1. The lowest BCUT2D eigenvalue weighted by atomic mass is 9.87. The van der Waals surface area contributed by atoms with Crippen molar-refractivity contribution >= 4 is 22.5 Å². The molecule has 0 spiro atoms. The molecule has 0 saturated carbocycles. The zero-order valence-corrected chi connectivity index (χ0v) is 17.3. The lowest BCUT2D eigenvalue weighted by molar-refractivity contribution is -0.163. The number of fused-ring (bicyclic) bond motifs is 1. The number of benzene rings is 3. The number of aliphatic carboxylic acids is 1. The Morgan fingerprint density at radius 3 is 2.28 bits per heavy atom. The highest BCUT2D eigenvalue weighted by atomic mass is 16.5. The molecule has 0 bridgehead atoms. The Morgan fingerprint density at radius 2 is 1.62 bits per heavy atom. The van der Waals surface area contributed by atoms with Crippen LogP contribution in [-0.4, -0.2) is 11.1 Å². The summed E-state index contributed by atoms with van der Waals surface area (Å²) in [6, 6.07) is 28.8. The highest BCUT2D eigenvalue weighted by Crippen LogP contribution is 2.43. The van der Waals surface area contributed by atoms with Crippen LogP contribution in [0.25, 0.3) is 16.5 Å². The third kappa shape index (κ3) is 3.77. The van der Waals surface area contributed by atoms with Crippen LogP contribution in [0.15, 0.2) is 114 Å². The lowest BCUT2D eigenvalue weighted by Gasteiger charge is -2.33. The van der Waals surface area contributed by atoms with Crippen LogP contribution in [0.1, 0.15) is 29.4 Å². The van der Waals surface area contributed by atoms with Crippen LogP contribution in [0, 0.1) is 0 Å². The number of carboxylic acid groups (broad SMARTS) is 1. The zero-order chi connectivity index (χ0) is 22.0. The summed E-state index contributed by atoms with van der Waals surface area (Å²) in [5, 5.41) is 10.9. The molecule has 1 N–H and O–H groups in total. The van der Waals surface area contributed by atoms with Gasteiger partial charge in [-0.15, -0.1) is 0 Å². The minimum Gasteiger partial charge on any atom is -0.479 e. The van der Waals surface area contributed by atoms with E-state index in [0.717, 1.165) is 22.1 Å². The second-order valence-electron chi connectivity index (χ2n) is 7.85. The molecule has 0 amide bonds. The largest absolute Gasteiger partial charge is 0.479 e. The molecular weight excluding hydrogens is 400 g/mol. The standard InChI is InChI=1S/C28H22O4/c29-27(30)26(22-11-5-2-6-12-22)32-28(25-19-23-13-7-8-14-24(23)31-25)17-15-21(16-18-28)20-9-3-1-4-10-20/h1-17,19,26H,18H2,(H,29,30). The van der Waals surface area contributed by atoms with Crippen molar-refractivity contribution in [3.63, 3.8) is 0 Å². The van der Waals surface area contributed by atoms with Crippen molar-refractivity contribution < 1.29 is 19.1 Å². The molecule has 4 nitrogen and oxygen atoms in total. The number of para-hydroxylation sites is 1. The Bertz CT molecular complexity index is 1270. The van der Waals surface area contributed by atoms with Gasteiger partial charge in [0.15, 0.2) is 6.10 Å². The van der Waals surface area contributed by atoms with Crippen LogP contribution < -0.4 is 0 Å². The first kappa shape index (κ1) is 20.0. The molecule has 0 aliphatic heterocycles. The molecule has 0 radical (unpaired) electrons. The van der Waals surface area contributed by atoms with E-state index in [1.165, 1.54) is 0 Å². The summed E-state index contributed by atoms with van der Waals surface area (Å²) in [5.74, 6) is -0.460. The molecule has 158 valence electrons. The smallest absolute Gasteiger partial charge is 0.337 e. The monoisotopic (exact) mass is 422 g/mol. The molecule has 2 unspecified atom stereocenters. The molecule has 4 heteroatoms. The maximum atomic E-state index is 12.2. The van der Waals surface area contributed by atoms with E-state index < -0.39 is 17.7 Å². The number of ether oxygens (including phenoxy) is 1. The van der Waals surface area contributed by atoms with Gasteiger partial charge >= 0.3 is 5.97 Å². The van der Waals surface area contributed by atoms with Crippen LogP contribution in [0.5, 0.6) is 0 Å². The quantitative estimate of drug-likeness (QED) is 0.385. The molecule has 32 heavy (non-hydrogen) atoms. The molecule has 4 aromatic rings. The summed E-state index contributed by atoms with van der Waals surface area (Å²) >= 11 is 0. The van der Waals surface area contributed by atoms with E-state index in [1.54, 1.807) is 12.1 Å². The van der Waals surface area contributed by atoms with Crippen molar-refractivity contribution in [2.45, 2.75) is 18.1 Å². The summed E-state index contributed by atoms with van der Waals surface area (Å²) < 4.78 is 12.6. The normalized spacial score (nSPS) is 18.9. The zero-order valence-electron chi connectivity index (χ0n) is 17.3. The topological polar surface area (TPSA) is 59.7 Å². The molecule has 2 atom stereocenters. The molecule has 5 rings (SSSR count). The average molecular weight is 422 g/mol. The van der Waals surface area contributed by atoms with E-state index in [9.17, 15) is 9.90 Å². The van der Waals surface area contributed by atoms with Crippen molar-refractivity contribution in [2.75, 3.05) is 0 Å². The van der Waals surface area contributed by atoms with E-state index >= 15 is 0 Å². The van der Waals surface area contributed by atoms with Crippen LogP contribution in [0.3, 0.4) is 0 Å². The van der Waals surface area contributed by atoms with Gasteiger partial charge in [-0.3, -0.25) is 0 Å². The van der Waals surface area contributed by atoms with Crippen LogP contribution in [0.4, 0.5) is 0 Å². The fraction of sp³-hybridized carbons (Fsp3) is 0.107. The number of hydrogen-bond donors (Lipinski definition) is 1. The van der Waals surface area contributed by atoms with Crippen LogP contribution >= 0.6 is 0 Å². The first-order chi connectivity index (χ1) is 15.6. The molecule has 1 aliphatic rings. The Kier molecular flexibility index (Phi) is 5.21. The second-order valence-corrected chi connectivity index (χ2v) is 7.85.